The monoisotopic (exact) mass is 229 g/mol. The highest BCUT2D eigenvalue weighted by Gasteiger charge is 2.47. The molecule has 4 rings (SSSR count). The summed E-state index contributed by atoms with van der Waals surface area (Å²) in [6.07, 6.45) is 0.690. The maximum absolute atomic E-state index is 8.67. The Morgan fingerprint density at radius 3 is 1.87 bits per heavy atom. The van der Waals surface area contributed by atoms with Crippen LogP contribution < -0.4 is 12.4 Å². The first-order valence-corrected chi connectivity index (χ1v) is 5.19. The van der Waals surface area contributed by atoms with Gasteiger partial charge < -0.3 is 12.4 Å². The topological polar surface area (TPSA) is 33.5 Å². The van der Waals surface area contributed by atoms with Crippen molar-refractivity contribution in [1.82, 2.24) is 14.7 Å². The Hall–Kier alpha value is -0.380. The van der Waals surface area contributed by atoms with E-state index in [9.17, 15) is 0 Å². The molecule has 0 amide bonds. The van der Waals surface area contributed by atoms with Crippen LogP contribution in [0.25, 0.3) is 0 Å². The molecule has 0 aliphatic carbocycles. The molecule has 84 valence electrons. The summed E-state index contributed by atoms with van der Waals surface area (Å²) >= 11 is 0. The van der Waals surface area contributed by atoms with Crippen LogP contribution in [0.3, 0.4) is 0 Å². The Morgan fingerprint density at radius 2 is 1.47 bits per heavy atom. The van der Waals surface area contributed by atoms with Gasteiger partial charge in [0.05, 0.1) is 39.0 Å². The van der Waals surface area contributed by atoms with Crippen LogP contribution in [0.5, 0.6) is 0 Å². The first-order chi connectivity index (χ1) is 6.80. The molecule has 4 saturated heterocycles. The number of hydrogen-bond donors (Lipinski definition) is 0. The number of rotatable bonds is 2. The lowest BCUT2D eigenvalue weighted by molar-refractivity contribution is -0.979. The van der Waals surface area contributed by atoms with E-state index in [1.807, 2.05) is 0 Å². The highest BCUT2D eigenvalue weighted by atomic mass is 35.5. The molecule has 4 aliphatic heterocycles. The van der Waals surface area contributed by atoms with Gasteiger partial charge in [-0.15, -0.1) is 0 Å². The van der Waals surface area contributed by atoms with Crippen LogP contribution in [0.15, 0.2) is 0 Å². The van der Waals surface area contributed by atoms with Crippen molar-refractivity contribution in [3.05, 3.63) is 0 Å². The molecule has 6 heteroatoms. The average Bonchev–Trinajstić information content (AvgIpc) is 2.12. The predicted molar refractivity (Wildman–Crippen MR) is 50.1 cm³/mol. The summed E-state index contributed by atoms with van der Waals surface area (Å²) in [6.45, 7) is 7.84. The van der Waals surface area contributed by atoms with Crippen LogP contribution in [0.1, 0.15) is 6.42 Å². The third-order valence-corrected chi connectivity index (χ3v) is 3.40. The summed E-state index contributed by atoms with van der Waals surface area (Å²) in [7, 11) is 0. The minimum atomic E-state index is 0. The molecule has 15 heavy (non-hydrogen) atoms. The molecule has 0 radical (unpaired) electrons. The Kier molecular flexibility index (Phi) is 2.88. The molecule has 4 bridgehead atoms. The molecule has 4 aliphatic rings. The Morgan fingerprint density at radius 1 is 1.00 bits per heavy atom. The van der Waals surface area contributed by atoms with Crippen molar-refractivity contribution in [2.75, 3.05) is 46.6 Å². The normalized spacial score (nSPS) is 45.9. The van der Waals surface area contributed by atoms with E-state index in [1.54, 1.807) is 0 Å². The molecule has 0 N–H and O–H groups in total. The van der Waals surface area contributed by atoms with Gasteiger partial charge in [-0.05, 0) is 0 Å². The standard InChI is InChI=1S/C9H16N5.ClH/c10-2-1-3-14-7-11-4-12(8-14)6-13(5-11)9-14;/h1,3-9H2;1H/q+1;/p-1. The van der Waals surface area contributed by atoms with Gasteiger partial charge in [-0.1, -0.05) is 0 Å². The number of quaternary nitrogens is 1. The Balaban J connectivity index is 0.000000853. The zero-order valence-corrected chi connectivity index (χ0v) is 9.53. The zero-order valence-electron chi connectivity index (χ0n) is 8.77. The van der Waals surface area contributed by atoms with Crippen molar-refractivity contribution < 1.29 is 16.9 Å². The second-order valence-corrected chi connectivity index (χ2v) is 4.83. The Labute approximate surface area is 96.4 Å². The van der Waals surface area contributed by atoms with Crippen LogP contribution in [0.4, 0.5) is 0 Å². The van der Waals surface area contributed by atoms with Crippen LogP contribution in [-0.2, 0) is 0 Å². The van der Waals surface area contributed by atoms with Crippen molar-refractivity contribution in [3.8, 4) is 6.07 Å². The van der Waals surface area contributed by atoms with Crippen molar-refractivity contribution in [2.45, 2.75) is 6.42 Å². The van der Waals surface area contributed by atoms with Crippen molar-refractivity contribution in [1.29, 1.82) is 5.26 Å². The lowest BCUT2D eigenvalue weighted by Gasteiger charge is -2.60. The first-order valence-electron chi connectivity index (χ1n) is 5.19. The fraction of sp³-hybridized carbons (Fsp3) is 0.889. The molecule has 4 heterocycles. The highest BCUT2D eigenvalue weighted by molar-refractivity contribution is 4.76. The minimum Gasteiger partial charge on any atom is -1.00 e. The van der Waals surface area contributed by atoms with Crippen LogP contribution >= 0.6 is 0 Å². The molecule has 0 aromatic carbocycles. The van der Waals surface area contributed by atoms with Gasteiger partial charge in [0.25, 0.3) is 0 Å². The van der Waals surface area contributed by atoms with E-state index in [0.717, 1.165) is 51.0 Å². The third kappa shape index (κ3) is 1.84. The summed E-state index contributed by atoms with van der Waals surface area (Å²) in [5.74, 6) is 0. The SMILES string of the molecule is N#CCC[N+]12CN3CN(CN(C3)C1)C2.[Cl-]. The average molecular weight is 230 g/mol. The lowest BCUT2D eigenvalue weighted by atomic mass is 10.2. The smallest absolute Gasteiger partial charge is 0.139 e. The summed E-state index contributed by atoms with van der Waals surface area (Å²) in [4.78, 5) is 7.44. The maximum atomic E-state index is 8.67. The summed E-state index contributed by atoms with van der Waals surface area (Å²) < 4.78 is 1.09. The summed E-state index contributed by atoms with van der Waals surface area (Å²) in [6, 6.07) is 2.27. The molecule has 0 saturated carbocycles. The highest BCUT2D eigenvalue weighted by Crippen LogP contribution is 2.28. The van der Waals surface area contributed by atoms with E-state index in [0.29, 0.717) is 6.42 Å². The zero-order chi connectivity index (χ0) is 9.60. The minimum absolute atomic E-state index is 0. The first kappa shape index (κ1) is 11.1. The quantitative estimate of drug-likeness (QED) is 0.459. The van der Waals surface area contributed by atoms with Crippen molar-refractivity contribution in [3.63, 3.8) is 0 Å². The van der Waals surface area contributed by atoms with E-state index < -0.39 is 0 Å². The van der Waals surface area contributed by atoms with Gasteiger partial charge in [0, 0.05) is 0 Å². The third-order valence-electron chi connectivity index (χ3n) is 3.40. The predicted octanol–water partition coefficient (Wildman–Crippen LogP) is -3.59. The fourth-order valence-electron chi connectivity index (χ4n) is 3.16. The molecule has 4 fully saturated rings. The number of hydrogen-bond acceptors (Lipinski definition) is 4. The Bertz CT molecular complexity index is 251. The molecular weight excluding hydrogens is 214 g/mol. The van der Waals surface area contributed by atoms with Gasteiger partial charge in [0.2, 0.25) is 0 Å². The maximum Gasteiger partial charge on any atom is 0.139 e. The number of nitriles is 1. The molecule has 0 atom stereocenters. The van der Waals surface area contributed by atoms with Crippen molar-refractivity contribution in [2.24, 2.45) is 0 Å². The van der Waals surface area contributed by atoms with Gasteiger partial charge >= 0.3 is 0 Å². The van der Waals surface area contributed by atoms with E-state index in [1.165, 1.54) is 0 Å². The molecule has 0 spiro atoms. The van der Waals surface area contributed by atoms with Crippen LogP contribution in [0.2, 0.25) is 0 Å². The van der Waals surface area contributed by atoms with Gasteiger partial charge in [0.1, 0.15) is 20.0 Å². The van der Waals surface area contributed by atoms with Gasteiger partial charge in [-0.2, -0.15) is 5.26 Å². The van der Waals surface area contributed by atoms with E-state index >= 15 is 0 Å². The lowest BCUT2D eigenvalue weighted by Crippen LogP contribution is -3.00. The molecule has 0 aromatic rings. The van der Waals surface area contributed by atoms with Gasteiger partial charge in [-0.25, -0.2) is 14.7 Å². The van der Waals surface area contributed by atoms with Gasteiger partial charge in [0.15, 0.2) is 0 Å². The fourth-order valence-corrected chi connectivity index (χ4v) is 3.16. The molecular formula is C9H16ClN5. The molecule has 0 aromatic heterocycles. The van der Waals surface area contributed by atoms with Crippen molar-refractivity contribution >= 4 is 0 Å². The van der Waals surface area contributed by atoms with E-state index in [2.05, 4.69) is 20.8 Å². The largest absolute Gasteiger partial charge is 1.00 e. The van der Waals surface area contributed by atoms with Gasteiger partial charge in [-0.3, -0.25) is 4.48 Å². The van der Waals surface area contributed by atoms with E-state index in [4.69, 9.17) is 5.26 Å². The number of nitrogens with zero attached hydrogens (tertiary/aromatic N) is 5. The van der Waals surface area contributed by atoms with E-state index in [-0.39, 0.29) is 12.4 Å². The summed E-state index contributed by atoms with van der Waals surface area (Å²) in [5, 5.41) is 8.67. The number of halogens is 1. The second-order valence-electron chi connectivity index (χ2n) is 4.83. The second kappa shape index (κ2) is 3.89. The molecule has 5 nitrogen and oxygen atoms in total. The van der Waals surface area contributed by atoms with Crippen LogP contribution in [0, 0.1) is 11.3 Å². The molecule has 0 unspecified atom stereocenters. The van der Waals surface area contributed by atoms with Crippen LogP contribution in [-0.4, -0.2) is 65.7 Å². The summed E-state index contributed by atoms with van der Waals surface area (Å²) in [5.41, 5.74) is 0.